The average molecular weight is 379 g/mol. The molecule has 27 heavy (non-hydrogen) atoms. The smallest absolute Gasteiger partial charge is 0.253 e. The van der Waals surface area contributed by atoms with Gasteiger partial charge in [0.2, 0.25) is 5.91 Å². The topological polar surface area (TPSA) is 62.3 Å². The summed E-state index contributed by atoms with van der Waals surface area (Å²) < 4.78 is 0. The molecule has 0 radical (unpaired) electrons. The van der Waals surface area contributed by atoms with Crippen LogP contribution in [0.4, 0.5) is 5.69 Å². The van der Waals surface area contributed by atoms with E-state index in [-0.39, 0.29) is 11.8 Å². The van der Waals surface area contributed by atoms with Crippen LogP contribution in [-0.4, -0.2) is 35.8 Å². The first-order valence-electron chi connectivity index (χ1n) is 8.63. The number of nitrogens with one attached hydrogen (secondary N) is 1. The molecule has 0 unspecified atom stereocenters. The molecule has 138 valence electrons. The molecule has 0 aliphatic carbocycles. The predicted molar refractivity (Wildman–Crippen MR) is 109 cm³/mol. The zero-order chi connectivity index (χ0) is 19.2. The Labute approximate surface area is 162 Å². The number of rotatable bonds is 6. The number of carbonyl (C=O) groups is 2. The lowest BCUT2D eigenvalue weighted by Crippen LogP contribution is -2.21. The van der Waals surface area contributed by atoms with Gasteiger partial charge in [-0.3, -0.25) is 9.59 Å². The number of benzene rings is 2. The molecule has 0 atom stereocenters. The Morgan fingerprint density at radius 3 is 2.33 bits per heavy atom. The van der Waals surface area contributed by atoms with E-state index in [1.54, 1.807) is 48.7 Å². The van der Waals surface area contributed by atoms with E-state index in [2.05, 4.69) is 10.3 Å². The van der Waals surface area contributed by atoms with Crippen molar-refractivity contribution in [2.45, 2.75) is 12.8 Å². The fourth-order valence-electron chi connectivity index (χ4n) is 2.62. The SMILES string of the molecule is CN(C)C(=O)c1ccc(CCC(=O)Nc2ccc(-c3nccs3)cc2)cc1. The lowest BCUT2D eigenvalue weighted by molar-refractivity contribution is -0.116. The highest BCUT2D eigenvalue weighted by Gasteiger charge is 2.08. The third kappa shape index (κ3) is 5.01. The van der Waals surface area contributed by atoms with Crippen LogP contribution in [0.2, 0.25) is 0 Å². The van der Waals surface area contributed by atoms with Crippen LogP contribution >= 0.6 is 11.3 Å². The van der Waals surface area contributed by atoms with Crippen molar-refractivity contribution in [3.05, 3.63) is 71.2 Å². The Kier molecular flexibility index (Phi) is 5.98. The van der Waals surface area contributed by atoms with Gasteiger partial charge in [-0.1, -0.05) is 12.1 Å². The van der Waals surface area contributed by atoms with E-state index in [4.69, 9.17) is 0 Å². The summed E-state index contributed by atoms with van der Waals surface area (Å²) >= 11 is 1.58. The first-order valence-corrected chi connectivity index (χ1v) is 9.51. The van der Waals surface area contributed by atoms with Crippen molar-refractivity contribution in [1.29, 1.82) is 0 Å². The molecule has 3 aromatic rings. The standard InChI is InChI=1S/C21H21N3O2S/c1-24(2)21(26)17-6-3-15(4-7-17)5-12-19(25)23-18-10-8-16(9-11-18)20-22-13-14-27-20/h3-4,6-11,13-14H,5,12H2,1-2H3,(H,23,25). The fraction of sp³-hybridized carbons (Fsp3) is 0.190. The summed E-state index contributed by atoms with van der Waals surface area (Å²) in [6.45, 7) is 0. The average Bonchev–Trinajstić information content (AvgIpc) is 3.21. The molecule has 0 saturated heterocycles. The van der Waals surface area contributed by atoms with Crippen LogP contribution in [0, 0.1) is 0 Å². The second-order valence-corrected chi connectivity index (χ2v) is 7.25. The van der Waals surface area contributed by atoms with Gasteiger partial charge in [-0.15, -0.1) is 11.3 Å². The van der Waals surface area contributed by atoms with E-state index in [0.717, 1.165) is 21.8 Å². The molecular formula is C21H21N3O2S. The van der Waals surface area contributed by atoms with Gasteiger partial charge in [-0.25, -0.2) is 4.98 Å². The van der Waals surface area contributed by atoms with Crippen LogP contribution in [0.1, 0.15) is 22.3 Å². The van der Waals surface area contributed by atoms with Crippen molar-refractivity contribution in [3.63, 3.8) is 0 Å². The molecule has 0 spiro atoms. The quantitative estimate of drug-likeness (QED) is 0.702. The van der Waals surface area contributed by atoms with Gasteiger partial charge in [-0.05, 0) is 48.4 Å². The maximum atomic E-state index is 12.2. The van der Waals surface area contributed by atoms with Crippen molar-refractivity contribution in [1.82, 2.24) is 9.88 Å². The van der Waals surface area contributed by atoms with Gasteiger partial charge in [0.05, 0.1) is 0 Å². The molecule has 1 N–H and O–H groups in total. The van der Waals surface area contributed by atoms with Crippen molar-refractivity contribution >= 4 is 28.8 Å². The minimum atomic E-state index is -0.0366. The summed E-state index contributed by atoms with van der Waals surface area (Å²) in [5.41, 5.74) is 3.48. The molecule has 0 saturated carbocycles. The zero-order valence-electron chi connectivity index (χ0n) is 15.3. The molecule has 0 aliphatic heterocycles. The molecule has 6 heteroatoms. The van der Waals surface area contributed by atoms with Crippen molar-refractivity contribution < 1.29 is 9.59 Å². The highest BCUT2D eigenvalue weighted by Crippen LogP contribution is 2.23. The number of thiazole rings is 1. The van der Waals surface area contributed by atoms with Crippen LogP contribution in [0.25, 0.3) is 10.6 Å². The number of hydrogen-bond donors (Lipinski definition) is 1. The van der Waals surface area contributed by atoms with E-state index in [9.17, 15) is 9.59 Å². The van der Waals surface area contributed by atoms with Crippen molar-refractivity contribution in [2.75, 3.05) is 19.4 Å². The van der Waals surface area contributed by atoms with Gasteiger partial charge in [-0.2, -0.15) is 0 Å². The Morgan fingerprint density at radius 1 is 1.04 bits per heavy atom. The number of nitrogens with zero attached hydrogens (tertiary/aromatic N) is 2. The lowest BCUT2D eigenvalue weighted by atomic mass is 10.1. The van der Waals surface area contributed by atoms with Gasteiger partial charge in [0, 0.05) is 48.9 Å². The van der Waals surface area contributed by atoms with Crippen LogP contribution in [-0.2, 0) is 11.2 Å². The number of anilines is 1. The van der Waals surface area contributed by atoms with Crippen molar-refractivity contribution in [3.8, 4) is 10.6 Å². The van der Waals surface area contributed by atoms with Gasteiger partial charge < -0.3 is 10.2 Å². The molecule has 2 aromatic carbocycles. The summed E-state index contributed by atoms with van der Waals surface area (Å²) in [4.78, 5) is 29.9. The summed E-state index contributed by atoms with van der Waals surface area (Å²) in [5.74, 6) is -0.0640. The van der Waals surface area contributed by atoms with E-state index in [1.807, 2.05) is 41.8 Å². The number of aromatic nitrogens is 1. The predicted octanol–water partition coefficient (Wildman–Crippen LogP) is 4.08. The van der Waals surface area contributed by atoms with E-state index >= 15 is 0 Å². The monoisotopic (exact) mass is 379 g/mol. The van der Waals surface area contributed by atoms with Gasteiger partial charge in [0.1, 0.15) is 5.01 Å². The molecule has 1 heterocycles. The molecular weight excluding hydrogens is 358 g/mol. The summed E-state index contributed by atoms with van der Waals surface area (Å²) in [6, 6.07) is 15.1. The molecule has 1 aromatic heterocycles. The molecule has 0 aliphatic rings. The van der Waals surface area contributed by atoms with E-state index in [0.29, 0.717) is 18.4 Å². The summed E-state index contributed by atoms with van der Waals surface area (Å²) in [6.07, 6.45) is 2.79. The first kappa shape index (κ1) is 18.8. The van der Waals surface area contributed by atoms with Crippen LogP contribution in [0.15, 0.2) is 60.1 Å². The maximum absolute atomic E-state index is 12.2. The third-order valence-corrected chi connectivity index (χ3v) is 4.92. The summed E-state index contributed by atoms with van der Waals surface area (Å²) in [7, 11) is 3.45. The van der Waals surface area contributed by atoms with Gasteiger partial charge in [0.15, 0.2) is 0 Å². The normalized spacial score (nSPS) is 10.4. The highest BCUT2D eigenvalue weighted by molar-refractivity contribution is 7.13. The number of hydrogen-bond acceptors (Lipinski definition) is 4. The largest absolute Gasteiger partial charge is 0.345 e. The van der Waals surface area contributed by atoms with E-state index in [1.165, 1.54) is 0 Å². The molecule has 2 amide bonds. The van der Waals surface area contributed by atoms with E-state index < -0.39 is 0 Å². The Bertz CT molecular complexity index is 902. The molecule has 3 rings (SSSR count). The first-order chi connectivity index (χ1) is 13.0. The number of carbonyl (C=O) groups excluding carboxylic acids is 2. The highest BCUT2D eigenvalue weighted by atomic mass is 32.1. The van der Waals surface area contributed by atoms with Gasteiger partial charge >= 0.3 is 0 Å². The fourth-order valence-corrected chi connectivity index (χ4v) is 3.26. The second kappa shape index (κ2) is 8.60. The Hall–Kier alpha value is -2.99. The van der Waals surface area contributed by atoms with Gasteiger partial charge in [0.25, 0.3) is 5.91 Å². The minimum absolute atomic E-state index is 0.0273. The Balaban J connectivity index is 1.51. The molecule has 5 nitrogen and oxygen atoms in total. The Morgan fingerprint density at radius 2 is 1.74 bits per heavy atom. The zero-order valence-corrected chi connectivity index (χ0v) is 16.1. The summed E-state index contributed by atoms with van der Waals surface area (Å²) in [5, 5.41) is 5.81. The van der Waals surface area contributed by atoms with Crippen LogP contribution in [0.3, 0.4) is 0 Å². The van der Waals surface area contributed by atoms with Crippen LogP contribution in [0.5, 0.6) is 0 Å². The molecule has 0 bridgehead atoms. The minimum Gasteiger partial charge on any atom is -0.345 e. The molecule has 0 fully saturated rings. The lowest BCUT2D eigenvalue weighted by Gasteiger charge is -2.10. The third-order valence-electron chi connectivity index (χ3n) is 4.10. The maximum Gasteiger partial charge on any atom is 0.253 e. The van der Waals surface area contributed by atoms with Crippen molar-refractivity contribution in [2.24, 2.45) is 0 Å². The number of amides is 2. The second-order valence-electron chi connectivity index (χ2n) is 6.36. The van der Waals surface area contributed by atoms with Crippen LogP contribution < -0.4 is 5.32 Å². The number of aryl methyl sites for hydroxylation is 1.